The fourth-order valence-corrected chi connectivity index (χ4v) is 2.55. The van der Waals surface area contributed by atoms with Crippen molar-refractivity contribution >= 4 is 10.0 Å². The zero-order chi connectivity index (χ0) is 13.2. The number of hydrogen-bond acceptors (Lipinski definition) is 5. The Hall–Kier alpha value is -1.67. The number of sulfonamides is 1. The van der Waals surface area contributed by atoms with E-state index in [1.165, 1.54) is 6.20 Å². The molecule has 2 aromatic rings. The van der Waals surface area contributed by atoms with Crippen LogP contribution in [0.15, 0.2) is 21.7 Å². The van der Waals surface area contributed by atoms with E-state index in [1.807, 2.05) is 6.92 Å². The van der Waals surface area contributed by atoms with Gasteiger partial charge in [-0.05, 0) is 6.92 Å². The molecule has 2 N–H and O–H groups in total. The third-order valence-corrected chi connectivity index (χ3v) is 3.95. The Balaban J connectivity index is 2.08. The van der Waals surface area contributed by atoms with E-state index in [4.69, 9.17) is 4.42 Å². The lowest BCUT2D eigenvalue weighted by molar-refractivity contribution is 0.452. The first-order chi connectivity index (χ1) is 8.53. The second kappa shape index (κ2) is 4.91. The zero-order valence-electron chi connectivity index (χ0n) is 10.1. The lowest BCUT2D eigenvalue weighted by atomic mass is 10.4. The van der Waals surface area contributed by atoms with Crippen LogP contribution in [0.3, 0.4) is 0 Å². The topological polar surface area (TPSA) is 101 Å². The number of aromatic amines is 1. The van der Waals surface area contributed by atoms with Crippen molar-refractivity contribution in [3.8, 4) is 0 Å². The second-order valence-corrected chi connectivity index (χ2v) is 5.49. The Morgan fingerprint density at radius 1 is 1.44 bits per heavy atom. The van der Waals surface area contributed by atoms with E-state index in [-0.39, 0.29) is 11.4 Å². The van der Waals surface area contributed by atoms with Gasteiger partial charge in [0, 0.05) is 6.42 Å². The van der Waals surface area contributed by atoms with E-state index < -0.39 is 10.0 Å². The number of hydrogen-bond donors (Lipinski definition) is 2. The maximum absolute atomic E-state index is 11.9. The van der Waals surface area contributed by atoms with Crippen molar-refractivity contribution in [1.29, 1.82) is 0 Å². The van der Waals surface area contributed by atoms with Crippen molar-refractivity contribution in [2.75, 3.05) is 0 Å². The molecule has 0 amide bonds. The number of oxazole rings is 1. The van der Waals surface area contributed by atoms with Crippen molar-refractivity contribution in [3.05, 3.63) is 29.7 Å². The van der Waals surface area contributed by atoms with Gasteiger partial charge in [-0.15, -0.1) is 0 Å². The fraction of sp³-hybridized carbons (Fsp3) is 0.400. The van der Waals surface area contributed by atoms with E-state index >= 15 is 0 Å². The molecule has 7 nitrogen and oxygen atoms in total. The first-order valence-corrected chi connectivity index (χ1v) is 6.94. The summed E-state index contributed by atoms with van der Waals surface area (Å²) >= 11 is 0. The summed E-state index contributed by atoms with van der Waals surface area (Å²) in [5.41, 5.74) is 0.490. The molecule has 8 heteroatoms. The number of rotatable bonds is 5. The van der Waals surface area contributed by atoms with Crippen LogP contribution in [-0.4, -0.2) is 23.6 Å². The van der Waals surface area contributed by atoms with Crippen LogP contribution in [0.4, 0.5) is 0 Å². The lowest BCUT2D eigenvalue weighted by Crippen LogP contribution is -2.23. The van der Waals surface area contributed by atoms with Crippen molar-refractivity contribution in [1.82, 2.24) is 19.9 Å². The first-order valence-electron chi connectivity index (χ1n) is 5.46. The molecule has 2 heterocycles. The second-order valence-electron chi connectivity index (χ2n) is 3.76. The van der Waals surface area contributed by atoms with Gasteiger partial charge in [-0.25, -0.2) is 18.1 Å². The summed E-state index contributed by atoms with van der Waals surface area (Å²) in [6.45, 7) is 3.60. The SMILES string of the molecule is CCc1cnc(CNS(=O)(=O)c2cn[nH]c2C)o1. The van der Waals surface area contributed by atoms with E-state index in [2.05, 4.69) is 19.9 Å². The third kappa shape index (κ3) is 2.59. The Kier molecular flexibility index (Phi) is 3.48. The number of nitrogens with zero attached hydrogens (tertiary/aromatic N) is 2. The van der Waals surface area contributed by atoms with Gasteiger partial charge < -0.3 is 4.42 Å². The highest BCUT2D eigenvalue weighted by Crippen LogP contribution is 2.11. The van der Waals surface area contributed by atoms with Crippen molar-refractivity contribution in [3.63, 3.8) is 0 Å². The largest absolute Gasteiger partial charge is 0.444 e. The molecule has 0 atom stereocenters. The Labute approximate surface area is 105 Å². The summed E-state index contributed by atoms with van der Waals surface area (Å²) in [5, 5.41) is 6.26. The average molecular weight is 270 g/mol. The van der Waals surface area contributed by atoms with Gasteiger partial charge in [0.25, 0.3) is 0 Å². The number of nitrogens with one attached hydrogen (secondary N) is 2. The molecule has 0 saturated carbocycles. The standard InChI is InChI=1S/C10H14N4O3S/c1-3-8-4-11-10(17-8)6-13-18(15,16)9-5-12-14-7(9)2/h4-5,13H,3,6H2,1-2H3,(H,12,14). The summed E-state index contributed by atoms with van der Waals surface area (Å²) < 4.78 is 31.6. The quantitative estimate of drug-likeness (QED) is 0.834. The molecule has 18 heavy (non-hydrogen) atoms. The molecule has 0 aliphatic heterocycles. The van der Waals surface area contributed by atoms with Crippen molar-refractivity contribution in [2.24, 2.45) is 0 Å². The monoisotopic (exact) mass is 270 g/mol. The lowest BCUT2D eigenvalue weighted by Gasteiger charge is -2.02. The first kappa shape index (κ1) is 12.8. The van der Waals surface area contributed by atoms with Gasteiger partial charge in [-0.2, -0.15) is 5.10 Å². The minimum atomic E-state index is -3.59. The molecule has 0 unspecified atom stereocenters. The molecule has 0 radical (unpaired) electrons. The molecule has 0 bridgehead atoms. The highest BCUT2D eigenvalue weighted by molar-refractivity contribution is 7.89. The molecule has 0 saturated heterocycles. The highest BCUT2D eigenvalue weighted by Gasteiger charge is 2.19. The van der Waals surface area contributed by atoms with E-state index in [1.54, 1.807) is 13.1 Å². The van der Waals surface area contributed by atoms with Crippen LogP contribution >= 0.6 is 0 Å². The van der Waals surface area contributed by atoms with E-state index in [0.717, 1.165) is 12.2 Å². The molecule has 2 rings (SSSR count). The fourth-order valence-electron chi connectivity index (χ4n) is 1.44. The Morgan fingerprint density at radius 2 is 2.22 bits per heavy atom. The number of H-pyrrole nitrogens is 1. The van der Waals surface area contributed by atoms with Gasteiger partial charge in [-0.1, -0.05) is 6.92 Å². The number of aromatic nitrogens is 3. The van der Waals surface area contributed by atoms with Gasteiger partial charge in [0.1, 0.15) is 10.7 Å². The Morgan fingerprint density at radius 3 is 2.78 bits per heavy atom. The predicted octanol–water partition coefficient (Wildman–Crippen LogP) is 0.747. The molecule has 98 valence electrons. The number of aryl methyl sites for hydroxylation is 2. The van der Waals surface area contributed by atoms with Crippen LogP contribution in [0.2, 0.25) is 0 Å². The van der Waals surface area contributed by atoms with Crippen molar-refractivity contribution in [2.45, 2.75) is 31.7 Å². The minimum Gasteiger partial charge on any atom is -0.444 e. The van der Waals surface area contributed by atoms with E-state index in [9.17, 15) is 8.42 Å². The molecular formula is C10H14N4O3S. The maximum atomic E-state index is 11.9. The van der Waals surface area contributed by atoms with E-state index in [0.29, 0.717) is 11.6 Å². The molecular weight excluding hydrogens is 256 g/mol. The zero-order valence-corrected chi connectivity index (χ0v) is 10.9. The highest BCUT2D eigenvalue weighted by atomic mass is 32.2. The van der Waals surface area contributed by atoms with Crippen LogP contribution in [0.5, 0.6) is 0 Å². The Bertz CT molecular complexity index is 629. The van der Waals surface area contributed by atoms with Crippen LogP contribution < -0.4 is 4.72 Å². The van der Waals surface area contributed by atoms with Gasteiger partial charge in [0.2, 0.25) is 15.9 Å². The predicted molar refractivity (Wildman–Crippen MR) is 63.2 cm³/mol. The molecule has 2 aromatic heterocycles. The summed E-state index contributed by atoms with van der Waals surface area (Å²) in [7, 11) is -3.59. The molecule has 0 aliphatic carbocycles. The van der Waals surface area contributed by atoms with Gasteiger partial charge in [0.05, 0.1) is 24.6 Å². The van der Waals surface area contributed by atoms with Gasteiger partial charge in [0.15, 0.2) is 0 Å². The normalized spacial score (nSPS) is 11.9. The van der Waals surface area contributed by atoms with Crippen LogP contribution in [0, 0.1) is 6.92 Å². The maximum Gasteiger partial charge on any atom is 0.244 e. The molecule has 0 aliphatic rings. The summed E-state index contributed by atoms with van der Waals surface area (Å²) in [6, 6.07) is 0. The summed E-state index contributed by atoms with van der Waals surface area (Å²) in [6.07, 6.45) is 3.58. The molecule has 0 aromatic carbocycles. The minimum absolute atomic E-state index is 0.0208. The van der Waals surface area contributed by atoms with Crippen LogP contribution in [0.25, 0.3) is 0 Å². The van der Waals surface area contributed by atoms with Gasteiger partial charge >= 0.3 is 0 Å². The molecule has 0 spiro atoms. The summed E-state index contributed by atoms with van der Waals surface area (Å²) in [5.74, 6) is 1.07. The smallest absolute Gasteiger partial charge is 0.244 e. The van der Waals surface area contributed by atoms with Crippen molar-refractivity contribution < 1.29 is 12.8 Å². The third-order valence-electron chi connectivity index (χ3n) is 2.44. The van der Waals surface area contributed by atoms with Gasteiger partial charge in [-0.3, -0.25) is 5.10 Å². The average Bonchev–Trinajstić information content (AvgIpc) is 2.95. The summed E-state index contributed by atoms with van der Waals surface area (Å²) in [4.78, 5) is 4.11. The van der Waals surface area contributed by atoms with Crippen LogP contribution in [-0.2, 0) is 23.0 Å². The molecule has 0 fully saturated rings. The van der Waals surface area contributed by atoms with Crippen LogP contribution in [0.1, 0.15) is 24.3 Å².